The smallest absolute Gasteiger partial charge is 0.101 e. The summed E-state index contributed by atoms with van der Waals surface area (Å²) in [6.45, 7) is 1.99. The van der Waals surface area contributed by atoms with Crippen LogP contribution in [0.2, 0.25) is 0 Å². The maximum absolute atomic E-state index is 9.23. The normalized spacial score (nSPS) is 19.4. The number of rotatable bonds is 1. The zero-order valence-electron chi connectivity index (χ0n) is 9.48. The first-order valence-electron chi connectivity index (χ1n) is 5.88. The van der Waals surface area contributed by atoms with Crippen LogP contribution in [0.4, 0.5) is 0 Å². The minimum Gasteiger partial charge on any atom is -0.316 e. The third-order valence-electron chi connectivity index (χ3n) is 3.41. The van der Waals surface area contributed by atoms with E-state index in [4.69, 9.17) is 0 Å². The first kappa shape index (κ1) is 10.2. The average molecular weight is 223 g/mol. The molecule has 0 radical (unpaired) electrons. The van der Waals surface area contributed by atoms with E-state index < -0.39 is 0 Å². The summed E-state index contributed by atoms with van der Waals surface area (Å²) in [5, 5.41) is 13.7. The van der Waals surface area contributed by atoms with E-state index in [-0.39, 0.29) is 0 Å². The monoisotopic (exact) mass is 223 g/mol. The first-order chi connectivity index (χ1) is 8.40. The second-order valence-electron chi connectivity index (χ2n) is 4.40. The van der Waals surface area contributed by atoms with Crippen molar-refractivity contribution in [3.8, 4) is 6.07 Å². The first-order valence-corrected chi connectivity index (χ1v) is 5.88. The minimum atomic E-state index is 0.442. The zero-order chi connectivity index (χ0) is 11.7. The number of nitrogens with one attached hydrogen (secondary N) is 1. The van der Waals surface area contributed by atoms with Gasteiger partial charge in [-0.15, -0.1) is 0 Å². The second kappa shape index (κ2) is 4.15. The van der Waals surface area contributed by atoms with Gasteiger partial charge in [-0.05, 0) is 30.5 Å². The Morgan fingerprint density at radius 2 is 2.24 bits per heavy atom. The van der Waals surface area contributed by atoms with E-state index in [1.165, 1.54) is 5.56 Å². The van der Waals surface area contributed by atoms with Gasteiger partial charge in [-0.3, -0.25) is 4.98 Å². The van der Waals surface area contributed by atoms with Crippen molar-refractivity contribution in [2.24, 2.45) is 0 Å². The third-order valence-corrected chi connectivity index (χ3v) is 3.41. The van der Waals surface area contributed by atoms with Gasteiger partial charge in [-0.1, -0.05) is 18.2 Å². The Labute approximate surface area is 100 Å². The molecule has 1 aromatic carbocycles. The predicted molar refractivity (Wildman–Crippen MR) is 66.7 cm³/mol. The number of hydrogen-bond donors (Lipinski definition) is 1. The summed E-state index contributed by atoms with van der Waals surface area (Å²) in [6, 6.07) is 10.3. The molecular weight excluding hydrogens is 210 g/mol. The summed E-state index contributed by atoms with van der Waals surface area (Å²) in [4.78, 5) is 4.34. The summed E-state index contributed by atoms with van der Waals surface area (Å²) < 4.78 is 0. The second-order valence-corrected chi connectivity index (χ2v) is 4.40. The van der Waals surface area contributed by atoms with Crippen molar-refractivity contribution in [2.45, 2.75) is 12.3 Å². The molecule has 0 bridgehead atoms. The minimum absolute atomic E-state index is 0.442. The fourth-order valence-electron chi connectivity index (χ4n) is 2.59. The lowest BCUT2D eigenvalue weighted by Gasteiger charge is -2.13. The standard InChI is InChI=1S/C14H13N3/c15-7-11-9-17-13-4-2-1-3-12(13)14(11)10-5-6-16-8-10/h1-4,9-10,16H,5-6,8H2. The van der Waals surface area contributed by atoms with Gasteiger partial charge in [0.25, 0.3) is 0 Å². The molecule has 3 heteroatoms. The topological polar surface area (TPSA) is 48.7 Å². The van der Waals surface area contributed by atoms with Crippen LogP contribution in [-0.4, -0.2) is 18.1 Å². The molecule has 1 aliphatic heterocycles. The zero-order valence-corrected chi connectivity index (χ0v) is 9.48. The summed E-state index contributed by atoms with van der Waals surface area (Å²) in [6.07, 6.45) is 2.80. The molecule has 0 saturated carbocycles. The third kappa shape index (κ3) is 1.67. The number of nitrogens with zero attached hydrogens (tertiary/aromatic N) is 2. The highest BCUT2D eigenvalue weighted by atomic mass is 14.9. The largest absolute Gasteiger partial charge is 0.316 e. The van der Waals surface area contributed by atoms with E-state index in [1.54, 1.807) is 6.20 Å². The molecule has 1 saturated heterocycles. The maximum atomic E-state index is 9.23. The molecular formula is C14H13N3. The molecule has 84 valence electrons. The number of hydrogen-bond acceptors (Lipinski definition) is 3. The SMILES string of the molecule is N#Cc1cnc2ccccc2c1C1CCNC1. The van der Waals surface area contributed by atoms with Crippen LogP contribution in [0, 0.1) is 11.3 Å². The Morgan fingerprint density at radius 1 is 1.35 bits per heavy atom. The van der Waals surface area contributed by atoms with Crippen LogP contribution in [0.3, 0.4) is 0 Å². The Morgan fingerprint density at radius 3 is 3.00 bits per heavy atom. The highest BCUT2D eigenvalue weighted by molar-refractivity contribution is 5.84. The van der Waals surface area contributed by atoms with Gasteiger partial charge in [0.15, 0.2) is 0 Å². The average Bonchev–Trinajstić information content (AvgIpc) is 2.91. The van der Waals surface area contributed by atoms with Crippen LogP contribution in [0.1, 0.15) is 23.5 Å². The van der Waals surface area contributed by atoms with Crippen LogP contribution in [-0.2, 0) is 0 Å². The Bertz CT molecular complexity index is 592. The molecule has 0 aliphatic carbocycles. The summed E-state index contributed by atoms with van der Waals surface area (Å²) in [5.41, 5.74) is 2.87. The van der Waals surface area contributed by atoms with E-state index in [1.807, 2.05) is 18.2 Å². The van der Waals surface area contributed by atoms with Gasteiger partial charge in [0.05, 0.1) is 11.1 Å². The van der Waals surface area contributed by atoms with Crippen LogP contribution in [0.5, 0.6) is 0 Å². The van der Waals surface area contributed by atoms with Crippen molar-refractivity contribution in [1.82, 2.24) is 10.3 Å². The molecule has 1 aromatic heterocycles. The van der Waals surface area contributed by atoms with Crippen molar-refractivity contribution < 1.29 is 0 Å². The van der Waals surface area contributed by atoms with E-state index >= 15 is 0 Å². The molecule has 3 rings (SSSR count). The summed E-state index contributed by atoms with van der Waals surface area (Å²) in [5.74, 6) is 0.442. The molecule has 1 atom stereocenters. The fraction of sp³-hybridized carbons (Fsp3) is 0.286. The number of pyridine rings is 1. The predicted octanol–water partition coefficient (Wildman–Crippen LogP) is 2.18. The van der Waals surface area contributed by atoms with Gasteiger partial charge < -0.3 is 5.32 Å². The van der Waals surface area contributed by atoms with Crippen LogP contribution in [0.15, 0.2) is 30.5 Å². The van der Waals surface area contributed by atoms with Crippen LogP contribution in [0.25, 0.3) is 10.9 Å². The number of nitriles is 1. The molecule has 1 N–H and O–H groups in total. The molecule has 0 spiro atoms. The van der Waals surface area contributed by atoms with Crippen molar-refractivity contribution in [2.75, 3.05) is 13.1 Å². The van der Waals surface area contributed by atoms with E-state index in [0.29, 0.717) is 5.92 Å². The molecule has 3 nitrogen and oxygen atoms in total. The number of fused-ring (bicyclic) bond motifs is 1. The lowest BCUT2D eigenvalue weighted by Crippen LogP contribution is -2.09. The highest BCUT2D eigenvalue weighted by Crippen LogP contribution is 2.31. The van der Waals surface area contributed by atoms with Crippen molar-refractivity contribution in [3.63, 3.8) is 0 Å². The van der Waals surface area contributed by atoms with Gasteiger partial charge in [-0.2, -0.15) is 5.26 Å². The van der Waals surface area contributed by atoms with Crippen molar-refractivity contribution in [1.29, 1.82) is 5.26 Å². The fourth-order valence-corrected chi connectivity index (χ4v) is 2.59. The van der Waals surface area contributed by atoms with Gasteiger partial charge >= 0.3 is 0 Å². The van der Waals surface area contributed by atoms with Gasteiger partial charge in [-0.25, -0.2) is 0 Å². The molecule has 2 aromatic rings. The van der Waals surface area contributed by atoms with Crippen molar-refractivity contribution >= 4 is 10.9 Å². The lowest BCUT2D eigenvalue weighted by molar-refractivity contribution is 0.766. The summed E-state index contributed by atoms with van der Waals surface area (Å²) in [7, 11) is 0. The molecule has 1 aliphatic rings. The molecule has 0 amide bonds. The molecule has 1 fully saturated rings. The van der Waals surface area contributed by atoms with Gasteiger partial charge in [0, 0.05) is 18.1 Å². The Balaban J connectivity index is 2.27. The van der Waals surface area contributed by atoms with E-state index in [9.17, 15) is 5.26 Å². The molecule has 2 heterocycles. The van der Waals surface area contributed by atoms with Crippen LogP contribution < -0.4 is 5.32 Å². The maximum Gasteiger partial charge on any atom is 0.101 e. The quantitative estimate of drug-likeness (QED) is 0.806. The highest BCUT2D eigenvalue weighted by Gasteiger charge is 2.22. The number of aromatic nitrogens is 1. The van der Waals surface area contributed by atoms with Gasteiger partial charge in [0.2, 0.25) is 0 Å². The van der Waals surface area contributed by atoms with E-state index in [2.05, 4.69) is 22.4 Å². The summed E-state index contributed by atoms with van der Waals surface area (Å²) >= 11 is 0. The van der Waals surface area contributed by atoms with Crippen LogP contribution >= 0.6 is 0 Å². The van der Waals surface area contributed by atoms with Crippen molar-refractivity contribution in [3.05, 3.63) is 41.6 Å². The van der Waals surface area contributed by atoms with E-state index in [0.717, 1.165) is 36.0 Å². The number of benzene rings is 1. The van der Waals surface area contributed by atoms with Gasteiger partial charge in [0.1, 0.15) is 6.07 Å². The molecule has 1 unspecified atom stereocenters. The Kier molecular flexibility index (Phi) is 2.50. The number of para-hydroxylation sites is 1. The molecule has 17 heavy (non-hydrogen) atoms. The Hall–Kier alpha value is -1.92. The lowest BCUT2D eigenvalue weighted by atomic mass is 9.91.